The van der Waals surface area contributed by atoms with Gasteiger partial charge in [-0.3, -0.25) is 4.79 Å². The second kappa shape index (κ2) is 5.31. The number of fused-ring (bicyclic) bond motifs is 1. The summed E-state index contributed by atoms with van der Waals surface area (Å²) in [6.45, 7) is 6.26. The molecule has 0 bridgehead atoms. The first-order valence-corrected chi connectivity index (χ1v) is 6.75. The fraction of sp³-hybridized carbons (Fsp3) is 0.533. The molecule has 0 fully saturated rings. The lowest BCUT2D eigenvalue weighted by molar-refractivity contribution is -0.121. The predicted octanol–water partition coefficient (Wildman–Crippen LogP) is 1.64. The third-order valence-corrected chi connectivity index (χ3v) is 3.28. The number of benzene rings is 1. The van der Waals surface area contributed by atoms with Crippen molar-refractivity contribution in [1.29, 1.82) is 0 Å². The molecule has 0 spiro atoms. The summed E-state index contributed by atoms with van der Waals surface area (Å²) in [6.07, 6.45) is 0.849. The molecule has 0 heterocycles. The molecule has 1 aromatic rings. The van der Waals surface area contributed by atoms with E-state index < -0.39 is 0 Å². The predicted molar refractivity (Wildman–Crippen MR) is 76.6 cm³/mol. The Morgan fingerprint density at radius 2 is 1.95 bits per heavy atom. The second-order valence-corrected chi connectivity index (χ2v) is 6.20. The van der Waals surface area contributed by atoms with Gasteiger partial charge in [0.2, 0.25) is 5.91 Å². The molecule has 0 saturated carbocycles. The number of rotatable bonds is 3. The fourth-order valence-corrected chi connectivity index (χ4v) is 2.55. The van der Waals surface area contributed by atoms with Crippen molar-refractivity contribution in [2.75, 3.05) is 6.54 Å². The van der Waals surface area contributed by atoms with Crippen LogP contribution in [0.15, 0.2) is 24.3 Å². The lowest BCUT2D eigenvalue weighted by atomic mass is 10.1. The van der Waals surface area contributed by atoms with Crippen LogP contribution in [0.25, 0.3) is 0 Å². The molecule has 4 nitrogen and oxygen atoms in total. The van der Waals surface area contributed by atoms with Gasteiger partial charge >= 0.3 is 0 Å². The molecule has 1 aromatic carbocycles. The van der Waals surface area contributed by atoms with Gasteiger partial charge in [-0.2, -0.15) is 0 Å². The van der Waals surface area contributed by atoms with Crippen LogP contribution in [0.1, 0.15) is 50.4 Å². The van der Waals surface area contributed by atoms with E-state index in [9.17, 15) is 4.79 Å². The first kappa shape index (κ1) is 14.0. The average Bonchev–Trinajstić information content (AvgIpc) is 2.62. The molecule has 0 aromatic heterocycles. The summed E-state index contributed by atoms with van der Waals surface area (Å²) in [7, 11) is 0. The van der Waals surface area contributed by atoms with Crippen LogP contribution >= 0.6 is 0 Å². The van der Waals surface area contributed by atoms with E-state index in [2.05, 4.69) is 22.8 Å². The third kappa shape index (κ3) is 3.55. The van der Waals surface area contributed by atoms with Gasteiger partial charge < -0.3 is 16.4 Å². The molecule has 0 saturated heterocycles. The lowest BCUT2D eigenvalue weighted by Gasteiger charge is -2.21. The number of hydrogen-bond acceptors (Lipinski definition) is 3. The summed E-state index contributed by atoms with van der Waals surface area (Å²) in [5.74, 6) is 0.0189. The van der Waals surface area contributed by atoms with Crippen molar-refractivity contribution >= 4 is 5.91 Å². The second-order valence-electron chi connectivity index (χ2n) is 6.20. The smallest absolute Gasteiger partial charge is 0.234 e. The molecule has 1 aliphatic rings. The lowest BCUT2D eigenvalue weighted by Crippen LogP contribution is -2.45. The summed E-state index contributed by atoms with van der Waals surface area (Å²) in [5.41, 5.74) is 8.32. The van der Waals surface area contributed by atoms with Gasteiger partial charge in [0.1, 0.15) is 0 Å². The minimum atomic E-state index is -0.192. The zero-order valence-electron chi connectivity index (χ0n) is 11.9. The van der Waals surface area contributed by atoms with Gasteiger partial charge in [0, 0.05) is 17.6 Å². The van der Waals surface area contributed by atoms with E-state index in [1.54, 1.807) is 0 Å². The fourth-order valence-electron chi connectivity index (χ4n) is 2.55. The molecule has 0 radical (unpaired) electrons. The summed E-state index contributed by atoms with van der Waals surface area (Å²) < 4.78 is 0. The van der Waals surface area contributed by atoms with E-state index in [4.69, 9.17) is 5.73 Å². The number of amides is 1. The number of nitrogens with two attached hydrogens (primary N) is 1. The molecule has 104 valence electrons. The van der Waals surface area contributed by atoms with Gasteiger partial charge in [-0.15, -0.1) is 0 Å². The number of carbonyl (C=O) groups excluding carboxylic acids is 1. The normalized spacial score (nSPS) is 22.1. The Hall–Kier alpha value is -1.39. The van der Waals surface area contributed by atoms with Crippen LogP contribution in [-0.4, -0.2) is 18.0 Å². The highest BCUT2D eigenvalue weighted by Gasteiger charge is 2.28. The highest BCUT2D eigenvalue weighted by atomic mass is 16.2. The molecular formula is C15H23N3O. The summed E-state index contributed by atoms with van der Waals surface area (Å²) in [4.78, 5) is 11.8. The number of hydrogen-bond donors (Lipinski definition) is 3. The summed E-state index contributed by atoms with van der Waals surface area (Å²) in [5, 5.41) is 6.24. The highest BCUT2D eigenvalue weighted by Crippen LogP contribution is 2.36. The van der Waals surface area contributed by atoms with Crippen LogP contribution in [0, 0.1) is 0 Å². The first-order chi connectivity index (χ1) is 8.87. The standard InChI is InChI=1S/C15H23N3O/c1-15(2,3)18-14(19)9-17-13-8-12(16)10-6-4-5-7-11(10)13/h4-7,12-13,17H,8-9,16H2,1-3H3,(H,18,19). The maximum atomic E-state index is 11.8. The summed E-state index contributed by atoms with van der Waals surface area (Å²) >= 11 is 0. The molecule has 2 atom stereocenters. The molecule has 4 N–H and O–H groups in total. The SMILES string of the molecule is CC(C)(C)NC(=O)CNC1CC(N)c2ccccc21. The number of nitrogens with one attached hydrogen (secondary N) is 2. The van der Waals surface area contributed by atoms with Crippen molar-refractivity contribution in [3.8, 4) is 0 Å². The van der Waals surface area contributed by atoms with Crippen LogP contribution < -0.4 is 16.4 Å². The molecule has 1 amide bonds. The molecule has 4 heteroatoms. The minimum Gasteiger partial charge on any atom is -0.350 e. The van der Waals surface area contributed by atoms with Gasteiger partial charge in [-0.25, -0.2) is 0 Å². The van der Waals surface area contributed by atoms with Crippen molar-refractivity contribution in [2.45, 2.75) is 44.8 Å². The van der Waals surface area contributed by atoms with Crippen LogP contribution in [0.2, 0.25) is 0 Å². The van der Waals surface area contributed by atoms with Crippen LogP contribution in [0.5, 0.6) is 0 Å². The Kier molecular flexibility index (Phi) is 3.92. The van der Waals surface area contributed by atoms with E-state index >= 15 is 0 Å². The van der Waals surface area contributed by atoms with Gasteiger partial charge in [-0.1, -0.05) is 24.3 Å². The van der Waals surface area contributed by atoms with Gasteiger partial charge in [-0.05, 0) is 38.3 Å². The third-order valence-electron chi connectivity index (χ3n) is 3.28. The Labute approximate surface area is 114 Å². The van der Waals surface area contributed by atoms with Crippen molar-refractivity contribution in [2.24, 2.45) is 5.73 Å². The zero-order chi connectivity index (χ0) is 14.0. The molecule has 1 aliphatic carbocycles. The maximum absolute atomic E-state index is 11.8. The van der Waals surface area contributed by atoms with Crippen molar-refractivity contribution < 1.29 is 4.79 Å². The van der Waals surface area contributed by atoms with E-state index in [1.165, 1.54) is 11.1 Å². The molecule has 0 aliphatic heterocycles. The van der Waals surface area contributed by atoms with E-state index in [1.807, 2.05) is 32.9 Å². The Morgan fingerprint density at radius 1 is 1.32 bits per heavy atom. The Morgan fingerprint density at radius 3 is 2.58 bits per heavy atom. The van der Waals surface area contributed by atoms with Crippen LogP contribution in [-0.2, 0) is 4.79 Å². The van der Waals surface area contributed by atoms with E-state index in [-0.39, 0.29) is 23.5 Å². The minimum absolute atomic E-state index is 0.0189. The molecule has 2 rings (SSSR count). The summed E-state index contributed by atoms with van der Waals surface area (Å²) in [6, 6.07) is 8.42. The Balaban J connectivity index is 1.94. The maximum Gasteiger partial charge on any atom is 0.234 e. The van der Waals surface area contributed by atoms with E-state index in [0.717, 1.165) is 6.42 Å². The average molecular weight is 261 g/mol. The van der Waals surface area contributed by atoms with Crippen LogP contribution in [0.3, 0.4) is 0 Å². The van der Waals surface area contributed by atoms with Crippen molar-refractivity contribution in [3.05, 3.63) is 35.4 Å². The van der Waals surface area contributed by atoms with Gasteiger partial charge in [0.15, 0.2) is 0 Å². The first-order valence-electron chi connectivity index (χ1n) is 6.75. The largest absolute Gasteiger partial charge is 0.350 e. The quantitative estimate of drug-likeness (QED) is 0.775. The molecule has 19 heavy (non-hydrogen) atoms. The monoisotopic (exact) mass is 261 g/mol. The highest BCUT2D eigenvalue weighted by molar-refractivity contribution is 5.78. The molecule has 2 unspecified atom stereocenters. The molecular weight excluding hydrogens is 238 g/mol. The van der Waals surface area contributed by atoms with Crippen LogP contribution in [0.4, 0.5) is 0 Å². The van der Waals surface area contributed by atoms with Crippen molar-refractivity contribution in [3.63, 3.8) is 0 Å². The Bertz CT molecular complexity index is 465. The zero-order valence-corrected chi connectivity index (χ0v) is 11.9. The number of carbonyl (C=O) groups is 1. The van der Waals surface area contributed by atoms with Gasteiger partial charge in [0.05, 0.1) is 6.54 Å². The van der Waals surface area contributed by atoms with E-state index in [0.29, 0.717) is 6.54 Å². The van der Waals surface area contributed by atoms with Crippen molar-refractivity contribution in [1.82, 2.24) is 10.6 Å². The van der Waals surface area contributed by atoms with Gasteiger partial charge in [0.25, 0.3) is 0 Å². The topological polar surface area (TPSA) is 67.2 Å².